The van der Waals surface area contributed by atoms with Crippen LogP contribution in [-0.2, 0) is 13.3 Å². The summed E-state index contributed by atoms with van der Waals surface area (Å²) in [5, 5.41) is 0.842. The van der Waals surface area contributed by atoms with Crippen LogP contribution in [0.4, 0.5) is 0 Å². The highest BCUT2D eigenvalue weighted by Crippen LogP contribution is 2.21. The molecule has 0 aliphatic rings. The van der Waals surface area contributed by atoms with Crippen molar-refractivity contribution < 1.29 is 13.3 Å². The van der Waals surface area contributed by atoms with Crippen molar-refractivity contribution in [1.29, 1.82) is 0 Å². The van der Waals surface area contributed by atoms with Gasteiger partial charge >= 0.3 is 8.80 Å². The number of hydrogen-bond acceptors (Lipinski definition) is 3. The molecule has 0 saturated heterocycles. The molecule has 96 valence electrons. The summed E-state index contributed by atoms with van der Waals surface area (Å²) >= 11 is 11.6. The Kier molecular flexibility index (Phi) is 9.69. The summed E-state index contributed by atoms with van der Waals surface area (Å²) in [5.74, 6) is 0.697. The molecule has 0 aromatic carbocycles. The lowest BCUT2D eigenvalue weighted by atomic mass is 10.6. The van der Waals surface area contributed by atoms with Gasteiger partial charge in [-0.05, 0) is 20.8 Å². The zero-order valence-electron chi connectivity index (χ0n) is 10.1. The molecule has 0 radical (unpaired) electrons. The summed E-state index contributed by atoms with van der Waals surface area (Å²) in [6.07, 6.45) is 1.82. The first-order valence-corrected chi connectivity index (χ1v) is 8.23. The summed E-state index contributed by atoms with van der Waals surface area (Å²) in [4.78, 5) is 0. The molecule has 0 fully saturated rings. The first-order valence-electron chi connectivity index (χ1n) is 5.43. The van der Waals surface area contributed by atoms with E-state index in [1.54, 1.807) is 0 Å². The normalized spacial score (nSPS) is 13.2. The second-order valence-electron chi connectivity index (χ2n) is 2.87. The fraction of sp³-hybridized carbons (Fsp3) is 0.800. The second kappa shape index (κ2) is 9.45. The number of halogens is 2. The van der Waals surface area contributed by atoms with Crippen LogP contribution in [0.1, 0.15) is 20.8 Å². The van der Waals surface area contributed by atoms with Crippen molar-refractivity contribution in [3.63, 3.8) is 0 Å². The SMILES string of the molecule is CCO[Si](OCC)(OCC)C(=CCCl)CCl. The molecule has 0 rings (SSSR count). The maximum atomic E-state index is 5.91. The largest absolute Gasteiger partial charge is 0.533 e. The Morgan fingerprint density at radius 2 is 1.44 bits per heavy atom. The van der Waals surface area contributed by atoms with Gasteiger partial charge in [0, 0.05) is 36.8 Å². The van der Waals surface area contributed by atoms with Crippen LogP contribution >= 0.6 is 23.2 Å². The Hall–Kier alpha value is 0.417. The molecule has 3 nitrogen and oxygen atoms in total. The fourth-order valence-electron chi connectivity index (χ4n) is 1.33. The highest BCUT2D eigenvalue weighted by atomic mass is 35.5. The predicted octanol–water partition coefficient (Wildman–Crippen LogP) is 2.98. The molecule has 0 aromatic rings. The van der Waals surface area contributed by atoms with E-state index in [2.05, 4.69) is 0 Å². The highest BCUT2D eigenvalue weighted by Gasteiger charge is 2.44. The Bertz CT molecular complexity index is 195. The third kappa shape index (κ3) is 4.73. The van der Waals surface area contributed by atoms with Gasteiger partial charge < -0.3 is 13.3 Å². The minimum atomic E-state index is -2.80. The molecule has 0 aromatic heterocycles. The number of hydrogen-bond donors (Lipinski definition) is 0. The van der Waals surface area contributed by atoms with Crippen molar-refractivity contribution in [3.8, 4) is 0 Å². The van der Waals surface area contributed by atoms with Gasteiger partial charge in [0.2, 0.25) is 0 Å². The topological polar surface area (TPSA) is 27.7 Å². The third-order valence-corrected chi connectivity index (χ3v) is 5.70. The molecule has 0 aliphatic heterocycles. The molecule has 0 N–H and O–H groups in total. The van der Waals surface area contributed by atoms with E-state index in [1.165, 1.54) is 0 Å². The number of rotatable bonds is 9. The van der Waals surface area contributed by atoms with Gasteiger partial charge in [-0.2, -0.15) is 0 Å². The standard InChI is InChI=1S/C10H20Cl2O3Si/c1-4-13-16(14-5-2,15-6-3)10(9-12)7-8-11/h7H,4-6,8-9H2,1-3H3. The van der Waals surface area contributed by atoms with Crippen LogP contribution in [0.15, 0.2) is 11.3 Å². The van der Waals surface area contributed by atoms with E-state index in [0.29, 0.717) is 31.6 Å². The first kappa shape index (κ1) is 16.4. The first-order chi connectivity index (χ1) is 7.70. The maximum absolute atomic E-state index is 5.91. The van der Waals surface area contributed by atoms with E-state index in [-0.39, 0.29) is 0 Å². The average Bonchev–Trinajstić information content (AvgIpc) is 2.26. The Morgan fingerprint density at radius 1 is 1.00 bits per heavy atom. The van der Waals surface area contributed by atoms with Crippen LogP contribution in [0.25, 0.3) is 0 Å². The Morgan fingerprint density at radius 3 is 1.69 bits per heavy atom. The van der Waals surface area contributed by atoms with Gasteiger partial charge in [0.1, 0.15) is 0 Å². The van der Waals surface area contributed by atoms with Crippen LogP contribution in [0.3, 0.4) is 0 Å². The molecule has 0 spiro atoms. The van der Waals surface area contributed by atoms with Crippen molar-refractivity contribution in [2.45, 2.75) is 20.8 Å². The van der Waals surface area contributed by atoms with Gasteiger partial charge in [0.15, 0.2) is 0 Å². The third-order valence-electron chi connectivity index (χ3n) is 1.86. The minimum absolute atomic E-state index is 0.318. The lowest BCUT2D eigenvalue weighted by Gasteiger charge is -2.29. The molecule has 0 amide bonds. The van der Waals surface area contributed by atoms with E-state index in [9.17, 15) is 0 Å². The fourth-order valence-corrected chi connectivity index (χ4v) is 4.71. The van der Waals surface area contributed by atoms with Gasteiger partial charge in [-0.3, -0.25) is 0 Å². The highest BCUT2D eigenvalue weighted by molar-refractivity contribution is 6.70. The zero-order chi connectivity index (χ0) is 12.4. The van der Waals surface area contributed by atoms with Crippen molar-refractivity contribution >= 4 is 32.0 Å². The molecule has 0 aliphatic carbocycles. The van der Waals surface area contributed by atoms with Crippen LogP contribution in [0.2, 0.25) is 0 Å². The summed E-state index contributed by atoms with van der Waals surface area (Å²) in [6, 6.07) is 0. The van der Waals surface area contributed by atoms with Crippen LogP contribution in [0.5, 0.6) is 0 Å². The van der Waals surface area contributed by atoms with Crippen LogP contribution < -0.4 is 0 Å². The maximum Gasteiger partial charge on any atom is 0.533 e. The molecule has 0 bridgehead atoms. The van der Waals surface area contributed by atoms with Crippen molar-refractivity contribution in [3.05, 3.63) is 11.3 Å². The Labute approximate surface area is 109 Å². The van der Waals surface area contributed by atoms with Crippen molar-refractivity contribution in [1.82, 2.24) is 0 Å². The molecule has 0 atom stereocenters. The van der Waals surface area contributed by atoms with E-state index >= 15 is 0 Å². The summed E-state index contributed by atoms with van der Waals surface area (Å²) in [7, 11) is -2.80. The summed E-state index contributed by atoms with van der Waals surface area (Å²) in [5.41, 5.74) is 0. The molecule has 16 heavy (non-hydrogen) atoms. The second-order valence-corrected chi connectivity index (χ2v) is 6.07. The molecular formula is C10H20Cl2O3Si. The van der Waals surface area contributed by atoms with Crippen LogP contribution in [0, 0.1) is 0 Å². The van der Waals surface area contributed by atoms with Crippen molar-refractivity contribution in [2.24, 2.45) is 0 Å². The quantitative estimate of drug-likeness (QED) is 0.482. The average molecular weight is 287 g/mol. The van der Waals surface area contributed by atoms with Gasteiger partial charge in [0.05, 0.1) is 0 Å². The van der Waals surface area contributed by atoms with E-state index in [1.807, 2.05) is 26.8 Å². The predicted molar refractivity (Wildman–Crippen MR) is 70.2 cm³/mol. The molecular weight excluding hydrogens is 267 g/mol. The monoisotopic (exact) mass is 286 g/mol. The molecule has 0 unspecified atom stereocenters. The van der Waals surface area contributed by atoms with E-state index in [0.717, 1.165) is 5.20 Å². The van der Waals surface area contributed by atoms with Gasteiger partial charge in [0.25, 0.3) is 0 Å². The van der Waals surface area contributed by atoms with E-state index < -0.39 is 8.80 Å². The van der Waals surface area contributed by atoms with Gasteiger partial charge in [-0.25, -0.2) is 0 Å². The van der Waals surface area contributed by atoms with Gasteiger partial charge in [-0.15, -0.1) is 23.2 Å². The molecule has 6 heteroatoms. The van der Waals surface area contributed by atoms with E-state index in [4.69, 9.17) is 36.5 Å². The summed E-state index contributed by atoms with van der Waals surface area (Å²) < 4.78 is 17.1. The lowest BCUT2D eigenvalue weighted by Crippen LogP contribution is -2.49. The lowest BCUT2D eigenvalue weighted by molar-refractivity contribution is 0.0809. The summed E-state index contributed by atoms with van der Waals surface area (Å²) in [6.45, 7) is 7.32. The molecule has 0 heterocycles. The minimum Gasteiger partial charge on any atom is -0.370 e. The Balaban J connectivity index is 5.01. The number of allylic oxidation sites excluding steroid dienone is 2. The molecule has 0 saturated carbocycles. The van der Waals surface area contributed by atoms with Crippen LogP contribution in [-0.4, -0.2) is 40.4 Å². The number of alkyl halides is 2. The smallest absolute Gasteiger partial charge is 0.370 e. The zero-order valence-corrected chi connectivity index (χ0v) is 12.6. The van der Waals surface area contributed by atoms with Gasteiger partial charge in [-0.1, -0.05) is 6.08 Å². The van der Waals surface area contributed by atoms with Crippen molar-refractivity contribution in [2.75, 3.05) is 31.6 Å².